The topological polar surface area (TPSA) is 80.4 Å². The van der Waals surface area contributed by atoms with Crippen molar-refractivity contribution in [1.82, 2.24) is 0 Å². The third kappa shape index (κ3) is 18.5. The third-order valence-electron chi connectivity index (χ3n) is 1.17. The van der Waals surface area contributed by atoms with Crippen LogP contribution < -0.4 is 18.1 Å². The van der Waals surface area contributed by atoms with Gasteiger partial charge in [0.15, 0.2) is 0 Å². The van der Waals surface area contributed by atoms with Gasteiger partial charge in [0.05, 0.1) is 26.7 Å². The molecule has 16 heavy (non-hydrogen) atoms. The van der Waals surface area contributed by atoms with Crippen LogP contribution in [-0.4, -0.2) is 49.2 Å². The van der Waals surface area contributed by atoms with Gasteiger partial charge in [-0.25, -0.2) is 4.79 Å². The molecule has 0 fully saturated rings. The van der Waals surface area contributed by atoms with E-state index in [0.717, 1.165) is 6.08 Å². The van der Waals surface area contributed by atoms with Gasteiger partial charge in [0.1, 0.15) is 6.54 Å². The number of halogens is 1. The lowest BCUT2D eigenvalue weighted by molar-refractivity contribution is -0.865. The summed E-state index contributed by atoms with van der Waals surface area (Å²) in [6.07, 6.45) is 1.06. The van der Waals surface area contributed by atoms with E-state index in [4.69, 9.17) is 5.11 Å². The number of hydrogen-bond acceptors (Lipinski definition) is 2. The monoisotopic (exact) mass is 250 g/mol. The van der Waals surface area contributed by atoms with Gasteiger partial charge in [0.25, 0.3) is 0 Å². The molecule has 0 saturated carbocycles. The van der Waals surface area contributed by atoms with E-state index in [1.807, 2.05) is 21.1 Å². The summed E-state index contributed by atoms with van der Waals surface area (Å²) in [6, 6.07) is 0. The predicted molar refractivity (Wildman–Crippen MR) is 59.1 cm³/mol. The molecule has 0 saturated heterocycles. The number of nitrogens with two attached hydrogens (primary N) is 1. The Bertz CT molecular complexity index is 270. The molecule has 0 spiro atoms. The Labute approximate surface area is 102 Å². The lowest BCUT2D eigenvalue weighted by Gasteiger charge is -2.23. The summed E-state index contributed by atoms with van der Waals surface area (Å²) >= 11 is 0. The normalized spacial score (nSPS) is 8.94. The molecule has 0 aliphatic rings. The molecule has 0 unspecified atom stereocenters. The van der Waals surface area contributed by atoms with Gasteiger partial charge in [-0.3, -0.25) is 4.79 Å². The van der Waals surface area contributed by atoms with E-state index >= 15 is 0 Å². The first-order valence-electron chi connectivity index (χ1n) is 4.23. The van der Waals surface area contributed by atoms with Crippen molar-refractivity contribution in [2.45, 2.75) is 0 Å². The van der Waals surface area contributed by atoms with Crippen LogP contribution in [0.1, 0.15) is 0 Å². The Balaban J connectivity index is -0.000000242. The fourth-order valence-electron chi connectivity index (χ4n) is 0.640. The van der Waals surface area contributed by atoms with Crippen molar-refractivity contribution in [2.75, 3.05) is 27.7 Å². The second kappa shape index (κ2) is 8.94. The smallest absolute Gasteiger partial charge is 0.336 e. The van der Waals surface area contributed by atoms with Crippen molar-refractivity contribution in [1.29, 1.82) is 0 Å². The van der Waals surface area contributed by atoms with E-state index in [9.17, 15) is 9.59 Å². The molecule has 0 aromatic heterocycles. The van der Waals surface area contributed by atoms with E-state index in [1.54, 1.807) is 0 Å². The fourth-order valence-corrected chi connectivity index (χ4v) is 0.640. The largest absolute Gasteiger partial charge is 1.00 e. The highest BCUT2D eigenvalue weighted by atomic mass is 35.5. The minimum Gasteiger partial charge on any atom is -1.00 e. The zero-order valence-electron chi connectivity index (χ0n) is 9.86. The van der Waals surface area contributed by atoms with Crippen molar-refractivity contribution in [3.8, 4) is 0 Å². The minimum absolute atomic E-state index is 0. The van der Waals surface area contributed by atoms with E-state index in [0.29, 0.717) is 11.0 Å². The maximum absolute atomic E-state index is 10.3. The molecule has 0 aliphatic heterocycles. The fraction of sp³-hybridized carbons (Fsp3) is 0.400. The number of hydrogen-bond donors (Lipinski definition) is 2. The first kappa shape index (κ1) is 20.1. The Morgan fingerprint density at radius 3 is 1.75 bits per heavy atom. The summed E-state index contributed by atoms with van der Waals surface area (Å²) in [5.41, 5.74) is 4.79. The number of carbonyl (C=O) groups excluding carboxylic acids is 1. The van der Waals surface area contributed by atoms with Gasteiger partial charge in [0.2, 0.25) is 5.91 Å². The van der Waals surface area contributed by atoms with E-state index in [2.05, 4.69) is 18.9 Å². The van der Waals surface area contributed by atoms with E-state index < -0.39 is 11.9 Å². The summed E-state index contributed by atoms with van der Waals surface area (Å²) in [6.45, 7) is 6.99. The molecule has 0 radical (unpaired) electrons. The van der Waals surface area contributed by atoms with Gasteiger partial charge in [-0.2, -0.15) is 0 Å². The summed E-state index contributed by atoms with van der Waals surface area (Å²) in [5.74, 6) is -1.39. The highest BCUT2D eigenvalue weighted by Gasteiger charge is 2.13. The number of rotatable bonds is 4. The summed E-state index contributed by atoms with van der Waals surface area (Å²) in [4.78, 5) is 19.7. The number of aliphatic carboxylic acids is 1. The van der Waals surface area contributed by atoms with Crippen LogP contribution in [0.25, 0.3) is 0 Å². The lowest BCUT2D eigenvalue weighted by atomic mass is 10.3. The first-order chi connectivity index (χ1) is 6.60. The standard InChI is InChI=1S/C7H13NO2.C3H5NO.ClH/c1-6(7(9)10)5-8(2,3)4;1-2-3(4)5;/h1,5H2,2-4H3;2H,1H2,(H2,4,5);1H. The van der Waals surface area contributed by atoms with Crippen LogP contribution in [-0.2, 0) is 9.59 Å². The number of quaternary nitrogens is 1. The average molecular weight is 251 g/mol. The van der Waals surface area contributed by atoms with Crippen LogP contribution >= 0.6 is 0 Å². The minimum atomic E-state index is -0.909. The lowest BCUT2D eigenvalue weighted by Crippen LogP contribution is -3.00. The molecule has 0 heterocycles. The summed E-state index contributed by atoms with van der Waals surface area (Å²) in [5, 5.41) is 8.44. The molecule has 0 aromatic rings. The van der Waals surface area contributed by atoms with Crippen LogP contribution in [0.4, 0.5) is 0 Å². The Morgan fingerprint density at radius 2 is 1.69 bits per heavy atom. The highest BCUT2D eigenvalue weighted by molar-refractivity contribution is 5.86. The summed E-state index contributed by atoms with van der Waals surface area (Å²) < 4.78 is 0.602. The maximum Gasteiger partial charge on any atom is 0.336 e. The van der Waals surface area contributed by atoms with Crippen molar-refractivity contribution in [3.05, 3.63) is 24.8 Å². The summed E-state index contributed by atoms with van der Waals surface area (Å²) in [7, 11) is 5.77. The number of carboxylic acid groups (broad SMARTS) is 1. The number of nitrogens with zero attached hydrogens (tertiary/aromatic N) is 1. The zero-order valence-corrected chi connectivity index (χ0v) is 10.6. The second-order valence-electron chi connectivity index (χ2n) is 3.96. The van der Waals surface area contributed by atoms with Crippen LogP contribution in [0.2, 0.25) is 0 Å². The molecule has 6 heteroatoms. The Hall–Kier alpha value is -1.33. The quantitative estimate of drug-likeness (QED) is 0.412. The molecular formula is C10H19ClN2O3. The molecule has 3 N–H and O–H groups in total. The van der Waals surface area contributed by atoms with Gasteiger partial charge in [-0.15, -0.1) is 0 Å². The molecule has 5 nitrogen and oxygen atoms in total. The molecule has 0 aromatic carbocycles. The van der Waals surface area contributed by atoms with Crippen LogP contribution in [0.5, 0.6) is 0 Å². The van der Waals surface area contributed by atoms with Crippen molar-refractivity contribution < 1.29 is 31.6 Å². The molecule has 1 amide bonds. The Kier molecular flexibility index (Phi) is 11.2. The molecule has 0 aliphatic carbocycles. The van der Waals surface area contributed by atoms with Gasteiger partial charge >= 0.3 is 5.97 Å². The van der Waals surface area contributed by atoms with Crippen molar-refractivity contribution in [2.24, 2.45) is 5.73 Å². The van der Waals surface area contributed by atoms with Crippen molar-refractivity contribution >= 4 is 11.9 Å². The molecule has 0 bridgehead atoms. The molecular weight excluding hydrogens is 232 g/mol. The average Bonchev–Trinajstić information content (AvgIpc) is 2.02. The number of likely N-dealkylation sites (N-methyl/N-ethyl adjacent to an activating group) is 1. The number of carbonyl (C=O) groups is 2. The molecule has 94 valence electrons. The van der Waals surface area contributed by atoms with E-state index in [1.165, 1.54) is 0 Å². The number of primary amides is 1. The Morgan fingerprint density at radius 1 is 1.38 bits per heavy atom. The zero-order chi connectivity index (χ0) is 12.6. The van der Waals surface area contributed by atoms with Gasteiger partial charge in [-0.05, 0) is 6.08 Å². The molecule has 0 atom stereocenters. The van der Waals surface area contributed by atoms with Crippen molar-refractivity contribution in [3.63, 3.8) is 0 Å². The van der Waals surface area contributed by atoms with Crippen LogP contribution in [0.3, 0.4) is 0 Å². The third-order valence-corrected chi connectivity index (χ3v) is 1.17. The van der Waals surface area contributed by atoms with Gasteiger partial charge in [-0.1, -0.05) is 13.2 Å². The SMILES string of the molecule is C=C(C[N+](C)(C)C)C(=O)O.C=CC(N)=O.[Cl-]. The first-order valence-corrected chi connectivity index (χ1v) is 4.23. The predicted octanol–water partition coefficient (Wildman–Crippen LogP) is -3.00. The number of amides is 1. The van der Waals surface area contributed by atoms with Crippen LogP contribution in [0, 0.1) is 0 Å². The highest BCUT2D eigenvalue weighted by Crippen LogP contribution is 1.98. The van der Waals surface area contributed by atoms with Gasteiger partial charge < -0.3 is 27.7 Å². The maximum atomic E-state index is 10.3. The van der Waals surface area contributed by atoms with Crippen LogP contribution in [0.15, 0.2) is 24.8 Å². The second-order valence-corrected chi connectivity index (χ2v) is 3.96. The van der Waals surface area contributed by atoms with Gasteiger partial charge in [0, 0.05) is 0 Å². The van der Waals surface area contributed by atoms with E-state index in [-0.39, 0.29) is 18.0 Å². The number of carboxylic acids is 1. The molecule has 0 rings (SSSR count).